The van der Waals surface area contributed by atoms with Crippen molar-refractivity contribution in [2.24, 2.45) is 0 Å². The number of benzene rings is 1. The molecule has 0 saturated heterocycles. The van der Waals surface area contributed by atoms with Crippen molar-refractivity contribution in [3.63, 3.8) is 0 Å². The Bertz CT molecular complexity index is 1090. The predicted octanol–water partition coefficient (Wildman–Crippen LogP) is 6.09. The van der Waals surface area contributed by atoms with Crippen LogP contribution in [0.1, 0.15) is 12.8 Å². The van der Waals surface area contributed by atoms with E-state index in [2.05, 4.69) is 20.7 Å². The summed E-state index contributed by atoms with van der Waals surface area (Å²) in [5.74, 6) is 1.00. The molecule has 29 heavy (non-hydrogen) atoms. The SMILES string of the molecule is O=C(CCCCl)Nc1oc(-c2cncc(-c3ccsc3)c2)nc1-c1ccccc1. The van der Waals surface area contributed by atoms with Gasteiger partial charge in [-0.2, -0.15) is 11.3 Å². The normalized spacial score (nSPS) is 10.8. The number of hydrogen-bond acceptors (Lipinski definition) is 5. The van der Waals surface area contributed by atoms with E-state index in [1.807, 2.05) is 47.8 Å². The number of anilines is 1. The van der Waals surface area contributed by atoms with Gasteiger partial charge in [0.05, 0.1) is 5.56 Å². The summed E-state index contributed by atoms with van der Waals surface area (Å²) in [5.41, 5.74) is 4.26. The Balaban J connectivity index is 1.71. The van der Waals surface area contributed by atoms with Gasteiger partial charge in [-0.15, -0.1) is 11.6 Å². The molecular weight excluding hydrogens is 406 g/mol. The van der Waals surface area contributed by atoms with Gasteiger partial charge in [0.2, 0.25) is 17.7 Å². The largest absolute Gasteiger partial charge is 0.420 e. The zero-order chi connectivity index (χ0) is 20.1. The Labute approximate surface area is 177 Å². The van der Waals surface area contributed by atoms with E-state index in [4.69, 9.17) is 16.0 Å². The Hall–Kier alpha value is -2.96. The summed E-state index contributed by atoms with van der Waals surface area (Å²) in [5, 5.41) is 6.92. The summed E-state index contributed by atoms with van der Waals surface area (Å²) >= 11 is 7.32. The van der Waals surface area contributed by atoms with Crippen LogP contribution in [0.25, 0.3) is 33.8 Å². The average molecular weight is 424 g/mol. The van der Waals surface area contributed by atoms with E-state index >= 15 is 0 Å². The van der Waals surface area contributed by atoms with Crippen molar-refractivity contribution in [3.8, 4) is 33.8 Å². The minimum absolute atomic E-state index is 0.157. The molecule has 7 heteroatoms. The average Bonchev–Trinajstić information content (AvgIpc) is 3.43. The number of hydrogen-bond donors (Lipinski definition) is 1. The van der Waals surface area contributed by atoms with Gasteiger partial charge < -0.3 is 4.42 Å². The van der Waals surface area contributed by atoms with Crippen LogP contribution in [0.4, 0.5) is 5.88 Å². The van der Waals surface area contributed by atoms with E-state index in [-0.39, 0.29) is 5.91 Å². The number of aromatic nitrogens is 2. The van der Waals surface area contributed by atoms with Crippen molar-refractivity contribution in [2.45, 2.75) is 12.8 Å². The van der Waals surface area contributed by atoms with Crippen LogP contribution in [0.5, 0.6) is 0 Å². The molecule has 0 aliphatic rings. The first-order valence-electron chi connectivity index (χ1n) is 9.14. The molecule has 1 N–H and O–H groups in total. The molecule has 0 unspecified atom stereocenters. The zero-order valence-electron chi connectivity index (χ0n) is 15.5. The second-order valence-electron chi connectivity index (χ2n) is 6.38. The highest BCUT2D eigenvalue weighted by Crippen LogP contribution is 2.34. The predicted molar refractivity (Wildman–Crippen MR) is 117 cm³/mol. The third-order valence-corrected chi connectivity index (χ3v) is 5.26. The Morgan fingerprint density at radius 3 is 2.66 bits per heavy atom. The van der Waals surface area contributed by atoms with Crippen LogP contribution >= 0.6 is 22.9 Å². The van der Waals surface area contributed by atoms with Gasteiger partial charge in [-0.05, 0) is 34.9 Å². The fourth-order valence-corrected chi connectivity index (χ4v) is 3.68. The van der Waals surface area contributed by atoms with Gasteiger partial charge in [-0.3, -0.25) is 15.1 Å². The summed E-state index contributed by atoms with van der Waals surface area (Å²) in [4.78, 5) is 21.2. The summed E-state index contributed by atoms with van der Waals surface area (Å²) in [6.45, 7) is 0. The molecule has 4 aromatic rings. The number of thiophene rings is 1. The fraction of sp³-hybridized carbons (Fsp3) is 0.136. The highest BCUT2D eigenvalue weighted by Gasteiger charge is 2.19. The van der Waals surface area contributed by atoms with Crippen molar-refractivity contribution in [3.05, 3.63) is 65.6 Å². The van der Waals surface area contributed by atoms with E-state index in [0.717, 1.165) is 22.3 Å². The van der Waals surface area contributed by atoms with Gasteiger partial charge in [0.1, 0.15) is 5.69 Å². The number of halogens is 1. The molecular formula is C22H18ClN3O2S. The van der Waals surface area contributed by atoms with Gasteiger partial charge >= 0.3 is 0 Å². The summed E-state index contributed by atoms with van der Waals surface area (Å²) < 4.78 is 5.96. The number of carbonyl (C=O) groups is 1. The number of carbonyl (C=O) groups excluding carboxylic acids is 1. The lowest BCUT2D eigenvalue weighted by atomic mass is 10.1. The van der Waals surface area contributed by atoms with Gasteiger partial charge in [-0.25, -0.2) is 4.98 Å². The van der Waals surface area contributed by atoms with Crippen LogP contribution in [-0.2, 0) is 4.79 Å². The second kappa shape index (κ2) is 9.03. The Morgan fingerprint density at radius 2 is 1.90 bits per heavy atom. The van der Waals surface area contributed by atoms with Gasteiger partial charge in [0.25, 0.3) is 0 Å². The molecule has 3 aromatic heterocycles. The highest BCUT2D eigenvalue weighted by molar-refractivity contribution is 7.08. The molecule has 0 fully saturated rings. The maximum absolute atomic E-state index is 12.2. The molecule has 3 heterocycles. The van der Waals surface area contributed by atoms with Gasteiger partial charge in [0, 0.05) is 35.8 Å². The minimum Gasteiger partial charge on any atom is -0.420 e. The number of nitrogens with one attached hydrogen (secondary N) is 1. The molecule has 0 aliphatic carbocycles. The van der Waals surface area contributed by atoms with Crippen LogP contribution in [0, 0.1) is 0 Å². The van der Waals surface area contributed by atoms with Crippen LogP contribution in [0.15, 0.2) is 70.0 Å². The van der Waals surface area contributed by atoms with Crippen LogP contribution < -0.4 is 5.32 Å². The number of pyridine rings is 1. The molecule has 1 amide bonds. The minimum atomic E-state index is -0.157. The first-order valence-corrected chi connectivity index (χ1v) is 10.6. The lowest BCUT2D eigenvalue weighted by molar-refractivity contribution is -0.116. The molecule has 0 bridgehead atoms. The topological polar surface area (TPSA) is 68.0 Å². The third kappa shape index (κ3) is 4.55. The number of rotatable bonds is 7. The summed E-state index contributed by atoms with van der Waals surface area (Å²) in [6.07, 6.45) is 4.43. The molecule has 5 nitrogen and oxygen atoms in total. The van der Waals surface area contributed by atoms with Gasteiger partial charge in [-0.1, -0.05) is 30.3 Å². The molecule has 0 saturated carbocycles. The smallest absolute Gasteiger partial charge is 0.230 e. The molecule has 0 aliphatic heterocycles. The van der Waals surface area contributed by atoms with E-state index in [1.165, 1.54) is 0 Å². The zero-order valence-corrected chi connectivity index (χ0v) is 17.0. The lowest BCUT2D eigenvalue weighted by Crippen LogP contribution is -2.11. The first-order chi connectivity index (χ1) is 14.2. The van der Waals surface area contributed by atoms with Crippen LogP contribution in [0.2, 0.25) is 0 Å². The Kier molecular flexibility index (Phi) is 6.03. The molecule has 146 valence electrons. The monoisotopic (exact) mass is 423 g/mol. The standard InChI is InChI=1S/C22H18ClN3O2S/c23-9-4-7-19(27)25-22-20(15-5-2-1-3-6-15)26-21(28-22)18-11-17(12-24-13-18)16-8-10-29-14-16/h1-3,5-6,8,10-14H,4,7,9H2,(H,25,27). The van der Waals surface area contributed by atoms with E-state index in [0.29, 0.717) is 36.2 Å². The van der Waals surface area contributed by atoms with E-state index in [1.54, 1.807) is 23.7 Å². The quantitative estimate of drug-likeness (QED) is 0.365. The molecule has 4 rings (SSSR count). The maximum Gasteiger partial charge on any atom is 0.230 e. The van der Waals surface area contributed by atoms with Crippen molar-refractivity contribution < 1.29 is 9.21 Å². The number of oxazole rings is 1. The first kappa shape index (κ1) is 19.4. The fourth-order valence-electron chi connectivity index (χ4n) is 2.88. The van der Waals surface area contributed by atoms with E-state index < -0.39 is 0 Å². The van der Waals surface area contributed by atoms with Crippen molar-refractivity contribution in [2.75, 3.05) is 11.2 Å². The summed E-state index contributed by atoms with van der Waals surface area (Å²) in [7, 11) is 0. The number of amides is 1. The summed E-state index contributed by atoms with van der Waals surface area (Å²) in [6, 6.07) is 13.6. The van der Waals surface area contributed by atoms with E-state index in [9.17, 15) is 4.79 Å². The second-order valence-corrected chi connectivity index (χ2v) is 7.54. The van der Waals surface area contributed by atoms with Gasteiger partial charge in [0.15, 0.2) is 0 Å². The lowest BCUT2D eigenvalue weighted by Gasteiger charge is -2.03. The van der Waals surface area contributed by atoms with Crippen molar-refractivity contribution >= 4 is 34.7 Å². The highest BCUT2D eigenvalue weighted by atomic mass is 35.5. The molecule has 0 atom stereocenters. The van der Waals surface area contributed by atoms with Crippen LogP contribution in [-0.4, -0.2) is 21.8 Å². The third-order valence-electron chi connectivity index (χ3n) is 4.30. The van der Waals surface area contributed by atoms with Crippen molar-refractivity contribution in [1.29, 1.82) is 0 Å². The van der Waals surface area contributed by atoms with Crippen molar-refractivity contribution in [1.82, 2.24) is 9.97 Å². The Morgan fingerprint density at radius 1 is 1.07 bits per heavy atom. The van der Waals surface area contributed by atoms with Crippen LogP contribution in [0.3, 0.4) is 0 Å². The number of nitrogens with zero attached hydrogens (tertiary/aromatic N) is 2. The number of alkyl halides is 1. The molecule has 0 spiro atoms. The maximum atomic E-state index is 12.2. The molecule has 0 radical (unpaired) electrons. The molecule has 1 aromatic carbocycles.